The Bertz CT molecular complexity index is 234. The summed E-state index contributed by atoms with van der Waals surface area (Å²) in [4.78, 5) is 2.17. The molecular formula is C9H16N2S5. The first kappa shape index (κ1) is 15.0. The summed E-state index contributed by atoms with van der Waals surface area (Å²) in [6.45, 7) is 7.22. The highest BCUT2D eigenvalue weighted by atomic mass is 33.1. The molecule has 1 N–H and O–H groups in total. The van der Waals surface area contributed by atoms with Gasteiger partial charge in [0.15, 0.2) is 0 Å². The molecule has 92 valence electrons. The van der Waals surface area contributed by atoms with Crippen LogP contribution in [0.1, 0.15) is 13.8 Å². The standard InChI is InChI=1S/C9H16N2S5/c1-3-11(4-2)9(13)16-15-8(12)7-10-5-6-14-7/h7,10H,3-6H2,1-2H3. The van der Waals surface area contributed by atoms with Crippen molar-refractivity contribution >= 4 is 66.3 Å². The number of thioether (sulfide) groups is 1. The van der Waals surface area contributed by atoms with Gasteiger partial charge in [-0.25, -0.2) is 0 Å². The smallest absolute Gasteiger partial charge is 0.147 e. The molecule has 1 unspecified atom stereocenters. The predicted molar refractivity (Wildman–Crippen MR) is 87.5 cm³/mol. The van der Waals surface area contributed by atoms with Crippen molar-refractivity contribution in [3.63, 3.8) is 0 Å². The van der Waals surface area contributed by atoms with E-state index in [1.807, 2.05) is 11.8 Å². The van der Waals surface area contributed by atoms with Gasteiger partial charge < -0.3 is 4.90 Å². The highest BCUT2D eigenvalue weighted by Crippen LogP contribution is 2.31. The minimum Gasteiger partial charge on any atom is -0.357 e. The molecule has 7 heteroatoms. The summed E-state index contributed by atoms with van der Waals surface area (Å²) in [6, 6.07) is 0. The maximum absolute atomic E-state index is 5.37. The van der Waals surface area contributed by atoms with Crippen LogP contribution in [0.2, 0.25) is 0 Å². The van der Waals surface area contributed by atoms with Gasteiger partial charge in [-0.05, 0) is 35.4 Å². The fourth-order valence-corrected chi connectivity index (χ4v) is 5.52. The maximum atomic E-state index is 5.37. The molecule has 2 nitrogen and oxygen atoms in total. The fourth-order valence-electron chi connectivity index (χ4n) is 1.23. The van der Waals surface area contributed by atoms with Crippen LogP contribution in [-0.2, 0) is 0 Å². The molecule has 0 spiro atoms. The average molecular weight is 313 g/mol. The molecule has 0 saturated carbocycles. The van der Waals surface area contributed by atoms with Crippen LogP contribution in [0.5, 0.6) is 0 Å². The van der Waals surface area contributed by atoms with E-state index in [1.165, 1.54) is 0 Å². The van der Waals surface area contributed by atoms with Crippen LogP contribution in [0.4, 0.5) is 0 Å². The van der Waals surface area contributed by atoms with Crippen LogP contribution < -0.4 is 5.32 Å². The Labute approximate surface area is 120 Å². The van der Waals surface area contributed by atoms with Crippen LogP contribution >= 0.6 is 57.8 Å². The third kappa shape index (κ3) is 4.70. The van der Waals surface area contributed by atoms with Crippen molar-refractivity contribution < 1.29 is 0 Å². The average Bonchev–Trinajstić information content (AvgIpc) is 2.81. The highest BCUT2D eigenvalue weighted by molar-refractivity contribution is 8.89. The van der Waals surface area contributed by atoms with Crippen molar-refractivity contribution in [1.82, 2.24) is 10.2 Å². The largest absolute Gasteiger partial charge is 0.357 e. The monoisotopic (exact) mass is 312 g/mol. The molecule has 1 heterocycles. The van der Waals surface area contributed by atoms with Crippen molar-refractivity contribution in [3.05, 3.63) is 0 Å². The Balaban J connectivity index is 2.27. The molecule has 0 aromatic heterocycles. The van der Waals surface area contributed by atoms with E-state index in [2.05, 4.69) is 24.1 Å². The molecule has 1 aliphatic rings. The van der Waals surface area contributed by atoms with Crippen LogP contribution in [0.3, 0.4) is 0 Å². The zero-order valence-corrected chi connectivity index (χ0v) is 13.5. The summed E-state index contributed by atoms with van der Waals surface area (Å²) < 4.78 is 1.93. The first-order chi connectivity index (χ1) is 7.69. The van der Waals surface area contributed by atoms with Gasteiger partial charge in [-0.15, -0.1) is 11.8 Å². The molecule has 0 aromatic carbocycles. The summed E-state index contributed by atoms with van der Waals surface area (Å²) in [7, 11) is 3.23. The Morgan fingerprint density at radius 1 is 1.38 bits per heavy atom. The van der Waals surface area contributed by atoms with Crippen molar-refractivity contribution in [3.8, 4) is 0 Å². The first-order valence-corrected chi connectivity index (χ1v) is 9.22. The lowest BCUT2D eigenvalue weighted by atomic mass is 10.6. The lowest BCUT2D eigenvalue weighted by molar-refractivity contribution is 0.482. The van der Waals surface area contributed by atoms with E-state index in [4.69, 9.17) is 24.4 Å². The predicted octanol–water partition coefficient (Wildman–Crippen LogP) is 2.98. The number of nitrogens with zero attached hydrogens (tertiary/aromatic N) is 1. The van der Waals surface area contributed by atoms with Crippen molar-refractivity contribution in [1.29, 1.82) is 0 Å². The van der Waals surface area contributed by atoms with E-state index in [0.29, 0.717) is 5.37 Å². The van der Waals surface area contributed by atoms with Crippen molar-refractivity contribution in [2.45, 2.75) is 19.2 Å². The molecule has 1 fully saturated rings. The van der Waals surface area contributed by atoms with Crippen molar-refractivity contribution in [2.75, 3.05) is 25.4 Å². The summed E-state index contributed by atoms with van der Waals surface area (Å²) >= 11 is 12.6. The van der Waals surface area contributed by atoms with Crippen molar-refractivity contribution in [2.24, 2.45) is 0 Å². The maximum Gasteiger partial charge on any atom is 0.147 e. The van der Waals surface area contributed by atoms with Gasteiger partial charge in [-0.1, -0.05) is 24.4 Å². The lowest BCUT2D eigenvalue weighted by Crippen LogP contribution is -2.27. The molecule has 0 aliphatic carbocycles. The third-order valence-corrected chi connectivity index (χ3v) is 7.39. The zero-order valence-electron chi connectivity index (χ0n) is 9.39. The molecule has 1 atom stereocenters. The summed E-state index contributed by atoms with van der Waals surface area (Å²) in [5, 5.41) is 3.69. The number of thiocarbonyl (C=S) groups is 2. The Kier molecular flexibility index (Phi) is 7.67. The summed E-state index contributed by atoms with van der Waals surface area (Å²) in [6.07, 6.45) is 0. The van der Waals surface area contributed by atoms with E-state index in [1.54, 1.807) is 21.6 Å². The molecule has 0 radical (unpaired) electrons. The summed E-state index contributed by atoms with van der Waals surface area (Å²) in [5.74, 6) is 1.15. The van der Waals surface area contributed by atoms with E-state index >= 15 is 0 Å². The number of hydrogen-bond donors (Lipinski definition) is 1. The van der Waals surface area contributed by atoms with Gasteiger partial charge in [0.2, 0.25) is 0 Å². The molecule has 1 saturated heterocycles. The number of rotatable bonds is 3. The zero-order chi connectivity index (χ0) is 12.0. The Morgan fingerprint density at radius 3 is 2.56 bits per heavy atom. The molecule has 0 amide bonds. The molecular weight excluding hydrogens is 296 g/mol. The molecule has 1 aliphatic heterocycles. The Hall–Kier alpha value is 0.990. The minimum atomic E-state index is 0.326. The van der Waals surface area contributed by atoms with Gasteiger partial charge in [0, 0.05) is 25.4 Å². The normalized spacial score (nSPS) is 19.8. The van der Waals surface area contributed by atoms with Crippen LogP contribution in [-0.4, -0.2) is 44.2 Å². The third-order valence-electron chi connectivity index (χ3n) is 2.15. The molecule has 1 rings (SSSR count). The van der Waals surface area contributed by atoms with Gasteiger partial charge in [-0.3, -0.25) is 5.32 Å². The van der Waals surface area contributed by atoms with Gasteiger partial charge in [0.25, 0.3) is 0 Å². The van der Waals surface area contributed by atoms with Crippen LogP contribution in [0.25, 0.3) is 0 Å². The summed E-state index contributed by atoms with van der Waals surface area (Å²) in [5.41, 5.74) is 0. The van der Waals surface area contributed by atoms with E-state index in [9.17, 15) is 0 Å². The SMILES string of the molecule is CCN(CC)C(=S)SSC(=S)C1NCCS1. The van der Waals surface area contributed by atoms with E-state index in [-0.39, 0.29) is 0 Å². The second kappa shape index (κ2) is 8.16. The Morgan fingerprint density at radius 2 is 2.06 bits per heavy atom. The molecule has 16 heavy (non-hydrogen) atoms. The minimum absolute atomic E-state index is 0.326. The lowest BCUT2D eigenvalue weighted by Gasteiger charge is -2.20. The van der Waals surface area contributed by atoms with Gasteiger partial charge in [0.05, 0.1) is 9.57 Å². The van der Waals surface area contributed by atoms with Gasteiger partial charge in [-0.2, -0.15) is 0 Å². The second-order valence-corrected chi connectivity index (χ2v) is 7.85. The first-order valence-electron chi connectivity index (χ1n) is 5.21. The number of nitrogens with one attached hydrogen (secondary N) is 1. The molecule has 0 bridgehead atoms. The topological polar surface area (TPSA) is 15.3 Å². The number of hydrogen-bond acceptors (Lipinski definition) is 6. The van der Waals surface area contributed by atoms with Gasteiger partial charge in [0.1, 0.15) is 4.32 Å². The van der Waals surface area contributed by atoms with Crippen LogP contribution in [0.15, 0.2) is 0 Å². The van der Waals surface area contributed by atoms with Gasteiger partial charge >= 0.3 is 0 Å². The quantitative estimate of drug-likeness (QED) is 0.628. The van der Waals surface area contributed by atoms with E-state index in [0.717, 1.165) is 33.9 Å². The fraction of sp³-hybridized carbons (Fsp3) is 0.778. The highest BCUT2D eigenvalue weighted by Gasteiger charge is 2.20. The van der Waals surface area contributed by atoms with E-state index < -0.39 is 0 Å². The molecule has 0 aromatic rings. The second-order valence-electron chi connectivity index (χ2n) is 3.13. The van der Waals surface area contributed by atoms with Crippen LogP contribution in [0, 0.1) is 0 Å².